The first-order valence-corrected chi connectivity index (χ1v) is 9.31. The zero-order valence-corrected chi connectivity index (χ0v) is 15.5. The van der Waals surface area contributed by atoms with Crippen LogP contribution in [0, 0.1) is 11.3 Å². The van der Waals surface area contributed by atoms with Gasteiger partial charge in [0.1, 0.15) is 0 Å². The Bertz CT molecular complexity index is 944. The molecule has 0 fully saturated rings. The molecule has 0 amide bonds. The summed E-state index contributed by atoms with van der Waals surface area (Å²) >= 11 is 1.54. The topological polar surface area (TPSA) is 98.2 Å². The molecule has 0 saturated carbocycles. The summed E-state index contributed by atoms with van der Waals surface area (Å²) in [6, 6.07) is 10.6. The van der Waals surface area contributed by atoms with E-state index in [0.29, 0.717) is 48.2 Å². The number of aryl methyl sites for hydroxylation is 1. The number of ether oxygens (including phenoxy) is 2. The zero-order valence-electron chi connectivity index (χ0n) is 14.7. The molecule has 1 aromatic carbocycles. The van der Waals surface area contributed by atoms with Gasteiger partial charge in [-0.15, -0.1) is 11.3 Å². The number of rotatable bonds is 8. The number of nitriles is 1. The Morgan fingerprint density at radius 3 is 2.96 bits per heavy atom. The van der Waals surface area contributed by atoms with E-state index in [1.54, 1.807) is 18.2 Å². The van der Waals surface area contributed by atoms with Crippen molar-refractivity contribution >= 4 is 17.3 Å². The summed E-state index contributed by atoms with van der Waals surface area (Å²) in [5.41, 5.74) is 0.441. The SMILES string of the molecule is CCOc1cc(C#N)ccc1OC(=O)CCCc1nc(-c2cccs2)no1. The molecular weight excluding hydrogens is 366 g/mol. The first-order valence-electron chi connectivity index (χ1n) is 8.43. The quantitative estimate of drug-likeness (QED) is 0.428. The molecule has 0 radical (unpaired) electrons. The van der Waals surface area contributed by atoms with E-state index in [0.717, 1.165) is 4.88 Å². The number of benzene rings is 1. The van der Waals surface area contributed by atoms with Gasteiger partial charge >= 0.3 is 5.97 Å². The molecule has 138 valence electrons. The Hall–Kier alpha value is -3.18. The highest BCUT2D eigenvalue weighted by Crippen LogP contribution is 2.29. The van der Waals surface area contributed by atoms with Crippen LogP contribution in [0.2, 0.25) is 0 Å². The molecular formula is C19H17N3O4S. The Morgan fingerprint density at radius 2 is 2.22 bits per heavy atom. The van der Waals surface area contributed by atoms with Gasteiger partial charge in [0.25, 0.3) is 0 Å². The average Bonchev–Trinajstić information content (AvgIpc) is 3.35. The van der Waals surface area contributed by atoms with Crippen LogP contribution in [0.5, 0.6) is 11.5 Å². The predicted octanol–water partition coefficient (Wildman–Crippen LogP) is 4.00. The molecule has 0 bridgehead atoms. The highest BCUT2D eigenvalue weighted by molar-refractivity contribution is 7.13. The predicted molar refractivity (Wildman–Crippen MR) is 98.5 cm³/mol. The van der Waals surface area contributed by atoms with Crippen molar-refractivity contribution in [2.24, 2.45) is 0 Å². The van der Waals surface area contributed by atoms with E-state index in [2.05, 4.69) is 10.1 Å². The van der Waals surface area contributed by atoms with E-state index in [-0.39, 0.29) is 6.42 Å². The van der Waals surface area contributed by atoms with Gasteiger partial charge in [0.15, 0.2) is 11.5 Å². The second-order valence-electron chi connectivity index (χ2n) is 5.52. The van der Waals surface area contributed by atoms with Gasteiger partial charge in [-0.05, 0) is 36.9 Å². The van der Waals surface area contributed by atoms with Crippen molar-refractivity contribution in [1.29, 1.82) is 5.26 Å². The third kappa shape index (κ3) is 4.92. The zero-order chi connectivity index (χ0) is 19.1. The normalized spacial score (nSPS) is 10.4. The molecule has 0 aliphatic carbocycles. The average molecular weight is 383 g/mol. The standard InChI is InChI=1S/C19H17N3O4S/c1-2-24-15-11-13(12-20)8-9-14(15)25-18(23)7-3-6-17-21-19(22-26-17)16-5-4-10-27-16/h4-5,8-11H,2-3,6-7H2,1H3. The van der Waals surface area contributed by atoms with Crippen molar-refractivity contribution < 1.29 is 18.8 Å². The largest absolute Gasteiger partial charge is 0.490 e. The smallest absolute Gasteiger partial charge is 0.311 e. The molecule has 3 aromatic rings. The van der Waals surface area contributed by atoms with Crippen molar-refractivity contribution in [3.8, 4) is 28.3 Å². The number of hydrogen-bond acceptors (Lipinski definition) is 8. The fourth-order valence-corrected chi connectivity index (χ4v) is 3.00. The Labute approximate surface area is 160 Å². The third-order valence-electron chi connectivity index (χ3n) is 3.58. The second kappa shape index (κ2) is 8.96. The number of hydrogen-bond donors (Lipinski definition) is 0. The highest BCUT2D eigenvalue weighted by Gasteiger charge is 2.13. The maximum atomic E-state index is 12.1. The van der Waals surface area contributed by atoms with Gasteiger partial charge in [-0.2, -0.15) is 10.2 Å². The first kappa shape index (κ1) is 18.6. The maximum Gasteiger partial charge on any atom is 0.311 e. The van der Waals surface area contributed by atoms with Gasteiger partial charge in [-0.25, -0.2) is 0 Å². The van der Waals surface area contributed by atoms with Crippen molar-refractivity contribution in [2.45, 2.75) is 26.2 Å². The van der Waals surface area contributed by atoms with Crippen molar-refractivity contribution in [3.63, 3.8) is 0 Å². The summed E-state index contributed by atoms with van der Waals surface area (Å²) in [5.74, 6) is 1.33. The lowest BCUT2D eigenvalue weighted by Crippen LogP contribution is -2.09. The fraction of sp³-hybridized carbons (Fsp3) is 0.263. The molecule has 0 aliphatic heterocycles. The van der Waals surface area contributed by atoms with Gasteiger partial charge in [0, 0.05) is 18.9 Å². The molecule has 0 aliphatic rings. The Balaban J connectivity index is 1.52. The van der Waals surface area contributed by atoms with Crippen molar-refractivity contribution in [2.75, 3.05) is 6.61 Å². The summed E-state index contributed by atoms with van der Waals surface area (Å²) in [5, 5.41) is 14.8. The van der Waals surface area contributed by atoms with Crippen LogP contribution in [-0.2, 0) is 11.2 Å². The van der Waals surface area contributed by atoms with Crippen LogP contribution in [0.15, 0.2) is 40.2 Å². The van der Waals surface area contributed by atoms with Crippen LogP contribution in [0.3, 0.4) is 0 Å². The molecule has 7 nitrogen and oxygen atoms in total. The molecule has 0 spiro atoms. The van der Waals surface area contributed by atoms with Gasteiger partial charge in [0.05, 0.1) is 23.1 Å². The monoisotopic (exact) mass is 383 g/mol. The molecule has 27 heavy (non-hydrogen) atoms. The van der Waals surface area contributed by atoms with Gasteiger partial charge in [-0.3, -0.25) is 4.79 Å². The lowest BCUT2D eigenvalue weighted by molar-refractivity contribution is -0.134. The van der Waals surface area contributed by atoms with Crippen LogP contribution in [0.4, 0.5) is 0 Å². The van der Waals surface area contributed by atoms with E-state index in [1.165, 1.54) is 11.3 Å². The molecule has 2 aromatic heterocycles. The number of thiophene rings is 1. The van der Waals surface area contributed by atoms with Crippen LogP contribution in [-0.4, -0.2) is 22.7 Å². The minimum Gasteiger partial charge on any atom is -0.490 e. The fourth-order valence-electron chi connectivity index (χ4n) is 2.35. The summed E-state index contributed by atoms with van der Waals surface area (Å²) in [4.78, 5) is 17.4. The summed E-state index contributed by atoms with van der Waals surface area (Å²) in [6.07, 6.45) is 1.20. The van der Waals surface area contributed by atoms with E-state index in [9.17, 15) is 4.79 Å². The van der Waals surface area contributed by atoms with Gasteiger partial charge < -0.3 is 14.0 Å². The van der Waals surface area contributed by atoms with Crippen molar-refractivity contribution in [1.82, 2.24) is 10.1 Å². The third-order valence-corrected chi connectivity index (χ3v) is 4.44. The highest BCUT2D eigenvalue weighted by atomic mass is 32.1. The van der Waals surface area contributed by atoms with Crippen LogP contribution in [0.1, 0.15) is 31.2 Å². The van der Waals surface area contributed by atoms with Crippen LogP contribution in [0.25, 0.3) is 10.7 Å². The van der Waals surface area contributed by atoms with Crippen LogP contribution >= 0.6 is 11.3 Å². The first-order chi connectivity index (χ1) is 13.2. The Kier molecular flexibility index (Phi) is 6.18. The lowest BCUT2D eigenvalue weighted by Gasteiger charge is -2.10. The summed E-state index contributed by atoms with van der Waals surface area (Å²) in [6.45, 7) is 2.22. The summed E-state index contributed by atoms with van der Waals surface area (Å²) < 4.78 is 16.0. The number of nitrogens with zero attached hydrogens (tertiary/aromatic N) is 3. The van der Waals surface area contributed by atoms with E-state index >= 15 is 0 Å². The number of carbonyl (C=O) groups is 1. The molecule has 0 atom stereocenters. The molecule has 3 rings (SSSR count). The minimum atomic E-state index is -0.390. The number of aromatic nitrogens is 2. The van der Waals surface area contributed by atoms with E-state index in [1.807, 2.05) is 30.5 Å². The second-order valence-corrected chi connectivity index (χ2v) is 6.47. The van der Waals surface area contributed by atoms with E-state index < -0.39 is 5.97 Å². The minimum absolute atomic E-state index is 0.197. The van der Waals surface area contributed by atoms with Crippen molar-refractivity contribution in [3.05, 3.63) is 47.2 Å². The molecule has 0 unspecified atom stereocenters. The van der Waals surface area contributed by atoms with Gasteiger partial charge in [-0.1, -0.05) is 11.2 Å². The maximum absolute atomic E-state index is 12.1. The van der Waals surface area contributed by atoms with Crippen LogP contribution < -0.4 is 9.47 Å². The van der Waals surface area contributed by atoms with Gasteiger partial charge in [0.2, 0.25) is 11.7 Å². The molecule has 8 heteroatoms. The molecule has 0 N–H and O–H groups in total. The van der Waals surface area contributed by atoms with E-state index in [4.69, 9.17) is 19.3 Å². The Morgan fingerprint density at radius 1 is 1.33 bits per heavy atom. The number of carbonyl (C=O) groups excluding carboxylic acids is 1. The molecule has 2 heterocycles. The summed E-state index contributed by atoms with van der Waals surface area (Å²) in [7, 11) is 0. The number of esters is 1. The molecule has 0 saturated heterocycles. The lowest BCUT2D eigenvalue weighted by atomic mass is 10.2.